The van der Waals surface area contributed by atoms with Crippen LogP contribution < -0.4 is 21.3 Å². The summed E-state index contributed by atoms with van der Waals surface area (Å²) in [7, 11) is 1.81. The summed E-state index contributed by atoms with van der Waals surface area (Å²) >= 11 is 0. The zero-order chi connectivity index (χ0) is 30.2. The molecule has 4 N–H and O–H groups in total. The van der Waals surface area contributed by atoms with Gasteiger partial charge in [0.25, 0.3) is 0 Å². The predicted octanol–water partition coefficient (Wildman–Crippen LogP) is 3.29. The number of anilines is 2. The second-order valence-corrected chi connectivity index (χ2v) is 12.2. The van der Waals surface area contributed by atoms with Crippen molar-refractivity contribution >= 4 is 29.2 Å². The van der Waals surface area contributed by atoms with Gasteiger partial charge in [0.2, 0.25) is 17.7 Å². The number of piperidine rings is 1. The first kappa shape index (κ1) is 28.9. The third-order valence-corrected chi connectivity index (χ3v) is 9.21. The van der Waals surface area contributed by atoms with Gasteiger partial charge in [0.05, 0.1) is 5.41 Å². The van der Waals surface area contributed by atoms with Crippen molar-refractivity contribution in [1.82, 2.24) is 20.5 Å². The minimum atomic E-state index is -0.696. The first-order valence-corrected chi connectivity index (χ1v) is 14.8. The zero-order valence-corrected chi connectivity index (χ0v) is 24.6. The summed E-state index contributed by atoms with van der Waals surface area (Å²) in [4.78, 5) is 46.4. The quantitative estimate of drug-likeness (QED) is 0.323. The van der Waals surface area contributed by atoms with Crippen LogP contribution >= 0.6 is 0 Å². The van der Waals surface area contributed by atoms with E-state index in [2.05, 4.69) is 26.3 Å². The van der Waals surface area contributed by atoms with Crippen LogP contribution in [0.4, 0.5) is 15.9 Å². The monoisotopic (exact) mass is 584 g/mol. The third-order valence-electron chi connectivity index (χ3n) is 9.21. The molecule has 10 heteroatoms. The first-order valence-electron chi connectivity index (χ1n) is 14.8. The molecule has 43 heavy (non-hydrogen) atoms. The summed E-state index contributed by atoms with van der Waals surface area (Å²) in [5.74, 6) is -0.279. The Morgan fingerprint density at radius 2 is 1.84 bits per heavy atom. The van der Waals surface area contributed by atoms with Gasteiger partial charge in [0.1, 0.15) is 18.2 Å². The number of rotatable bonds is 8. The molecule has 224 valence electrons. The van der Waals surface area contributed by atoms with E-state index >= 15 is 0 Å². The molecule has 1 aromatic heterocycles. The van der Waals surface area contributed by atoms with Crippen LogP contribution in [0.3, 0.4) is 0 Å². The molecule has 0 saturated carbocycles. The van der Waals surface area contributed by atoms with Crippen molar-refractivity contribution in [3.05, 3.63) is 88.4 Å². The molecule has 1 aliphatic carbocycles. The van der Waals surface area contributed by atoms with Crippen molar-refractivity contribution in [2.75, 3.05) is 37.3 Å². The van der Waals surface area contributed by atoms with Crippen molar-refractivity contribution in [1.29, 1.82) is 0 Å². The summed E-state index contributed by atoms with van der Waals surface area (Å²) in [6.45, 7) is 3.87. The first-order chi connectivity index (χ1) is 20.7. The Balaban J connectivity index is 1.21. The highest BCUT2D eigenvalue weighted by Gasteiger charge is 2.51. The molecule has 0 radical (unpaired) electrons. The second-order valence-electron chi connectivity index (χ2n) is 12.2. The summed E-state index contributed by atoms with van der Waals surface area (Å²) in [5, 5.41) is 12.3. The number of pyridine rings is 1. The SMILES string of the molecule is CNCc1ccc(F)cc1CN(CC(=O)Nc1ccc2c(c1)CC1(C2)C(=O)Nc2ncccc21)C(=O)C1(C)CCNCC1. The van der Waals surface area contributed by atoms with Gasteiger partial charge in [-0.05, 0) is 98.4 Å². The molecule has 3 amide bonds. The number of carbonyl (C=O) groups is 3. The molecule has 3 aromatic rings. The Hall–Kier alpha value is -4.15. The van der Waals surface area contributed by atoms with E-state index in [0.717, 1.165) is 35.3 Å². The molecular weight excluding hydrogens is 547 g/mol. The molecular formula is C33H37FN6O3. The summed E-state index contributed by atoms with van der Waals surface area (Å²) < 4.78 is 14.3. The Labute approximate surface area is 250 Å². The number of nitrogens with one attached hydrogen (secondary N) is 4. The van der Waals surface area contributed by atoms with Crippen LogP contribution in [0.1, 0.15) is 47.6 Å². The molecule has 3 aliphatic rings. The molecule has 3 heterocycles. The number of nitrogens with zero attached hydrogens (tertiary/aromatic N) is 2. The van der Waals surface area contributed by atoms with Crippen LogP contribution in [0.5, 0.6) is 0 Å². The number of aromatic nitrogens is 1. The maximum absolute atomic E-state index is 14.3. The van der Waals surface area contributed by atoms with Crippen molar-refractivity contribution in [3.8, 4) is 0 Å². The van der Waals surface area contributed by atoms with E-state index in [-0.39, 0.29) is 36.6 Å². The summed E-state index contributed by atoms with van der Waals surface area (Å²) in [5.41, 5.74) is 3.79. The molecule has 0 bridgehead atoms. The molecule has 2 aromatic carbocycles. The lowest BCUT2D eigenvalue weighted by Crippen LogP contribution is -2.49. The Bertz CT molecular complexity index is 1590. The number of amides is 3. The van der Waals surface area contributed by atoms with Gasteiger partial charge >= 0.3 is 0 Å². The van der Waals surface area contributed by atoms with E-state index in [1.807, 2.05) is 44.3 Å². The summed E-state index contributed by atoms with van der Waals surface area (Å²) in [6.07, 6.45) is 4.08. The number of hydrogen-bond donors (Lipinski definition) is 4. The van der Waals surface area contributed by atoms with Gasteiger partial charge in [-0.25, -0.2) is 9.37 Å². The molecule has 9 nitrogen and oxygen atoms in total. The van der Waals surface area contributed by atoms with Crippen molar-refractivity contribution in [2.45, 2.75) is 51.1 Å². The van der Waals surface area contributed by atoms with Crippen LogP contribution in [0.2, 0.25) is 0 Å². The second kappa shape index (κ2) is 11.5. The van der Waals surface area contributed by atoms with E-state index in [1.54, 1.807) is 17.2 Å². The average molecular weight is 585 g/mol. The van der Waals surface area contributed by atoms with E-state index in [4.69, 9.17) is 0 Å². The average Bonchev–Trinajstić information content (AvgIpc) is 3.50. The lowest BCUT2D eigenvalue weighted by Gasteiger charge is -2.37. The van der Waals surface area contributed by atoms with Crippen LogP contribution in [0.25, 0.3) is 0 Å². The van der Waals surface area contributed by atoms with Crippen LogP contribution in [0.15, 0.2) is 54.7 Å². The highest BCUT2D eigenvalue weighted by atomic mass is 19.1. The highest BCUT2D eigenvalue weighted by Crippen LogP contribution is 2.47. The fraction of sp³-hybridized carbons (Fsp3) is 0.394. The minimum Gasteiger partial charge on any atom is -0.329 e. The van der Waals surface area contributed by atoms with E-state index in [9.17, 15) is 18.8 Å². The standard InChI is InChI=1S/C33H37FN6O3/c1-32(9-12-36-13-10-32)31(43)40(19-24-14-25(34)7-5-22(24)18-35-2)20-28(41)38-26-8-6-21-16-33(17-23(21)15-26)27-4-3-11-37-29(27)39-30(33)42/h3-8,11,14-15,35-36H,9-10,12-13,16-20H2,1-2H3,(H,38,41)(H,37,39,42). The third kappa shape index (κ3) is 5.52. The van der Waals surface area contributed by atoms with Crippen LogP contribution in [-0.2, 0) is 45.7 Å². The molecule has 1 fully saturated rings. The van der Waals surface area contributed by atoms with Gasteiger partial charge in [0, 0.05) is 36.0 Å². The summed E-state index contributed by atoms with van der Waals surface area (Å²) in [6, 6.07) is 14.1. The lowest BCUT2D eigenvalue weighted by molar-refractivity contribution is -0.145. The van der Waals surface area contributed by atoms with Gasteiger partial charge in [-0.15, -0.1) is 0 Å². The maximum atomic E-state index is 14.3. The van der Waals surface area contributed by atoms with Crippen LogP contribution in [-0.4, -0.2) is 54.3 Å². The van der Waals surface area contributed by atoms with Crippen molar-refractivity contribution in [3.63, 3.8) is 0 Å². The predicted molar refractivity (Wildman–Crippen MR) is 162 cm³/mol. The maximum Gasteiger partial charge on any atom is 0.244 e. The molecule has 6 rings (SSSR count). The number of fused-ring (bicyclic) bond motifs is 3. The molecule has 1 unspecified atom stereocenters. The van der Waals surface area contributed by atoms with Gasteiger partial charge in [-0.2, -0.15) is 0 Å². The van der Waals surface area contributed by atoms with E-state index in [0.29, 0.717) is 49.3 Å². The lowest BCUT2D eigenvalue weighted by atomic mass is 9.79. The number of halogens is 1. The fourth-order valence-corrected chi connectivity index (χ4v) is 6.80. The Morgan fingerprint density at radius 1 is 1.05 bits per heavy atom. The van der Waals surface area contributed by atoms with Crippen molar-refractivity contribution in [2.24, 2.45) is 5.41 Å². The number of benzene rings is 2. The van der Waals surface area contributed by atoms with Gasteiger partial charge in [-0.3, -0.25) is 14.4 Å². The topological polar surface area (TPSA) is 115 Å². The van der Waals surface area contributed by atoms with Crippen molar-refractivity contribution < 1.29 is 18.8 Å². The normalized spacial score (nSPS) is 19.9. The largest absolute Gasteiger partial charge is 0.329 e. The van der Waals surface area contributed by atoms with Gasteiger partial charge < -0.3 is 26.2 Å². The number of hydrogen-bond acceptors (Lipinski definition) is 6. The smallest absolute Gasteiger partial charge is 0.244 e. The molecule has 1 atom stereocenters. The zero-order valence-electron chi connectivity index (χ0n) is 24.6. The van der Waals surface area contributed by atoms with E-state index < -0.39 is 10.8 Å². The molecule has 2 aliphatic heterocycles. The van der Waals surface area contributed by atoms with Gasteiger partial charge in [-0.1, -0.05) is 25.1 Å². The Morgan fingerprint density at radius 3 is 2.63 bits per heavy atom. The van der Waals surface area contributed by atoms with Gasteiger partial charge in [0.15, 0.2) is 0 Å². The molecule has 1 spiro atoms. The highest BCUT2D eigenvalue weighted by molar-refractivity contribution is 6.06. The van der Waals surface area contributed by atoms with E-state index in [1.165, 1.54) is 12.1 Å². The fourth-order valence-electron chi connectivity index (χ4n) is 6.80. The van der Waals surface area contributed by atoms with Crippen LogP contribution in [0, 0.1) is 11.2 Å². The molecule has 1 saturated heterocycles. The minimum absolute atomic E-state index is 0.0569. The Kier molecular flexibility index (Phi) is 7.74. The number of carbonyl (C=O) groups excluding carboxylic acids is 3.